The molecule has 1 aromatic carbocycles. The van der Waals surface area contributed by atoms with Gasteiger partial charge in [0.05, 0.1) is 0 Å². The Morgan fingerprint density at radius 2 is 2.00 bits per heavy atom. The summed E-state index contributed by atoms with van der Waals surface area (Å²) in [5, 5.41) is 7.72. The van der Waals surface area contributed by atoms with Crippen molar-refractivity contribution in [3.05, 3.63) is 35.5 Å². The number of allylic oxidation sites excluding steroid dienone is 1. The summed E-state index contributed by atoms with van der Waals surface area (Å²) in [7, 11) is 0. The zero-order valence-electron chi connectivity index (χ0n) is 10.1. The van der Waals surface area contributed by atoms with Crippen LogP contribution in [0.5, 0.6) is 5.75 Å². The SMILES string of the molecule is CCC(=O)O.CCC1=Cc2ccccc2ON1. The predicted molar refractivity (Wildman–Crippen MR) is 66.4 cm³/mol. The van der Waals surface area contributed by atoms with Crippen LogP contribution in [0.15, 0.2) is 30.0 Å². The fourth-order valence-corrected chi connectivity index (χ4v) is 1.20. The second-order valence-electron chi connectivity index (χ2n) is 3.51. The Morgan fingerprint density at radius 1 is 1.35 bits per heavy atom. The monoisotopic (exact) mass is 235 g/mol. The number of carboxylic acid groups (broad SMARTS) is 1. The Labute approximate surface area is 101 Å². The molecule has 1 heterocycles. The Hall–Kier alpha value is -1.97. The highest BCUT2D eigenvalue weighted by Crippen LogP contribution is 2.23. The van der Waals surface area contributed by atoms with Crippen LogP contribution in [-0.4, -0.2) is 11.1 Å². The van der Waals surface area contributed by atoms with Crippen LogP contribution in [0.2, 0.25) is 0 Å². The zero-order chi connectivity index (χ0) is 12.7. The van der Waals surface area contributed by atoms with Crippen LogP contribution >= 0.6 is 0 Å². The minimum absolute atomic E-state index is 0.222. The first kappa shape index (κ1) is 13.1. The maximum Gasteiger partial charge on any atom is 0.303 e. The first-order chi connectivity index (χ1) is 8.17. The molecular weight excluding hydrogens is 218 g/mol. The number of hydrogen-bond acceptors (Lipinski definition) is 3. The minimum Gasteiger partial charge on any atom is -0.481 e. The molecule has 0 amide bonds. The van der Waals surface area contributed by atoms with Crippen molar-refractivity contribution in [2.24, 2.45) is 0 Å². The van der Waals surface area contributed by atoms with E-state index in [1.165, 1.54) is 0 Å². The minimum atomic E-state index is -0.745. The zero-order valence-corrected chi connectivity index (χ0v) is 10.1. The van der Waals surface area contributed by atoms with Crippen molar-refractivity contribution in [1.82, 2.24) is 5.48 Å². The number of hydroxylamine groups is 1. The number of aliphatic carboxylic acids is 1. The quantitative estimate of drug-likeness (QED) is 0.827. The van der Waals surface area contributed by atoms with Gasteiger partial charge in [-0.3, -0.25) is 4.79 Å². The van der Waals surface area contributed by atoms with E-state index >= 15 is 0 Å². The summed E-state index contributed by atoms with van der Waals surface area (Å²) in [6, 6.07) is 7.97. The second-order valence-corrected chi connectivity index (χ2v) is 3.51. The number of para-hydroxylation sites is 1. The van der Waals surface area contributed by atoms with Gasteiger partial charge in [0.1, 0.15) is 0 Å². The number of nitrogens with one attached hydrogen (secondary N) is 1. The van der Waals surface area contributed by atoms with Crippen LogP contribution < -0.4 is 10.3 Å². The van der Waals surface area contributed by atoms with Crippen molar-refractivity contribution in [3.8, 4) is 5.75 Å². The molecule has 0 aromatic heterocycles. The molecule has 17 heavy (non-hydrogen) atoms. The van der Waals surface area contributed by atoms with Gasteiger partial charge >= 0.3 is 5.97 Å². The van der Waals surface area contributed by atoms with Crippen LogP contribution in [0, 0.1) is 0 Å². The van der Waals surface area contributed by atoms with Gasteiger partial charge in [0.15, 0.2) is 5.75 Å². The highest BCUT2D eigenvalue weighted by atomic mass is 16.6. The molecule has 1 aliphatic rings. The standard InChI is InChI=1S/C10H11NO.C3H6O2/c1-2-9-7-8-5-3-4-6-10(8)12-11-9;1-2-3(4)5/h3-7,11H,2H2,1H3;2H2,1H3,(H,4,5). The number of carboxylic acids is 1. The van der Waals surface area contributed by atoms with Crippen molar-refractivity contribution in [1.29, 1.82) is 0 Å². The van der Waals surface area contributed by atoms with Crippen LogP contribution in [0.1, 0.15) is 32.3 Å². The van der Waals surface area contributed by atoms with E-state index < -0.39 is 5.97 Å². The molecule has 0 bridgehead atoms. The second kappa shape index (κ2) is 6.58. The van der Waals surface area contributed by atoms with Crippen LogP contribution in [-0.2, 0) is 4.79 Å². The lowest BCUT2D eigenvalue weighted by molar-refractivity contribution is -0.136. The lowest BCUT2D eigenvalue weighted by Crippen LogP contribution is -2.20. The van der Waals surface area contributed by atoms with E-state index in [9.17, 15) is 4.79 Å². The predicted octanol–water partition coefficient (Wildman–Crippen LogP) is 2.82. The van der Waals surface area contributed by atoms with Crippen LogP contribution in [0.25, 0.3) is 6.08 Å². The maximum atomic E-state index is 9.37. The first-order valence-electron chi connectivity index (χ1n) is 5.61. The molecule has 0 spiro atoms. The van der Waals surface area contributed by atoms with Gasteiger partial charge in [-0.25, -0.2) is 5.48 Å². The van der Waals surface area contributed by atoms with Gasteiger partial charge in [0, 0.05) is 17.7 Å². The van der Waals surface area contributed by atoms with E-state index in [-0.39, 0.29) is 6.42 Å². The maximum absolute atomic E-state index is 9.37. The highest BCUT2D eigenvalue weighted by molar-refractivity contribution is 5.66. The number of hydrogen-bond donors (Lipinski definition) is 2. The molecule has 0 saturated heterocycles. The first-order valence-corrected chi connectivity index (χ1v) is 5.61. The van der Waals surface area contributed by atoms with Crippen molar-refractivity contribution in [3.63, 3.8) is 0 Å². The number of rotatable bonds is 2. The van der Waals surface area contributed by atoms with Crippen molar-refractivity contribution in [2.45, 2.75) is 26.7 Å². The van der Waals surface area contributed by atoms with Gasteiger partial charge in [0.2, 0.25) is 0 Å². The van der Waals surface area contributed by atoms with E-state index in [0.29, 0.717) is 0 Å². The molecule has 4 nitrogen and oxygen atoms in total. The van der Waals surface area contributed by atoms with Gasteiger partial charge in [-0.15, -0.1) is 0 Å². The molecule has 0 unspecified atom stereocenters. The van der Waals surface area contributed by atoms with E-state index in [0.717, 1.165) is 23.4 Å². The molecule has 1 aromatic rings. The molecule has 4 heteroatoms. The van der Waals surface area contributed by atoms with Gasteiger partial charge in [-0.1, -0.05) is 32.0 Å². The highest BCUT2D eigenvalue weighted by Gasteiger charge is 2.07. The van der Waals surface area contributed by atoms with Crippen molar-refractivity contribution < 1.29 is 14.7 Å². The molecule has 2 N–H and O–H groups in total. The molecule has 92 valence electrons. The Balaban J connectivity index is 0.000000249. The van der Waals surface area contributed by atoms with Crippen LogP contribution in [0.3, 0.4) is 0 Å². The topological polar surface area (TPSA) is 58.6 Å². The van der Waals surface area contributed by atoms with Crippen LogP contribution in [0.4, 0.5) is 0 Å². The summed E-state index contributed by atoms with van der Waals surface area (Å²) >= 11 is 0. The summed E-state index contributed by atoms with van der Waals surface area (Å²) in [5.74, 6) is 0.153. The van der Waals surface area contributed by atoms with E-state index in [1.54, 1.807) is 6.92 Å². The molecule has 0 fully saturated rings. The summed E-state index contributed by atoms with van der Waals surface area (Å²) < 4.78 is 0. The molecular formula is C13H17NO3. The van der Waals surface area contributed by atoms with Crippen molar-refractivity contribution in [2.75, 3.05) is 0 Å². The number of carbonyl (C=O) groups is 1. The summed E-state index contributed by atoms with van der Waals surface area (Å²) in [5.41, 5.74) is 5.15. The fraction of sp³-hybridized carbons (Fsp3) is 0.308. The fourth-order valence-electron chi connectivity index (χ4n) is 1.20. The van der Waals surface area contributed by atoms with Gasteiger partial charge in [-0.2, -0.15) is 0 Å². The Bertz CT molecular complexity index is 413. The number of benzene rings is 1. The molecule has 0 atom stereocenters. The molecule has 0 aliphatic carbocycles. The summed E-state index contributed by atoms with van der Waals surface area (Å²) in [4.78, 5) is 14.7. The Kier molecular flexibility index (Phi) is 5.07. The number of fused-ring (bicyclic) bond motifs is 1. The lowest BCUT2D eigenvalue weighted by Gasteiger charge is -2.17. The van der Waals surface area contributed by atoms with E-state index in [2.05, 4.69) is 18.5 Å². The lowest BCUT2D eigenvalue weighted by atomic mass is 10.1. The molecule has 2 rings (SSSR count). The largest absolute Gasteiger partial charge is 0.481 e. The van der Waals surface area contributed by atoms with Gasteiger partial charge in [-0.05, 0) is 18.6 Å². The Morgan fingerprint density at radius 3 is 2.59 bits per heavy atom. The normalized spacial score (nSPS) is 12.0. The third-order valence-corrected chi connectivity index (χ3v) is 2.22. The molecule has 0 saturated carbocycles. The van der Waals surface area contributed by atoms with Crippen molar-refractivity contribution >= 4 is 12.0 Å². The summed E-state index contributed by atoms with van der Waals surface area (Å²) in [6.45, 7) is 3.69. The molecule has 0 radical (unpaired) electrons. The third kappa shape index (κ3) is 4.18. The molecule has 1 aliphatic heterocycles. The smallest absolute Gasteiger partial charge is 0.303 e. The summed E-state index contributed by atoms with van der Waals surface area (Å²) in [6.07, 6.45) is 3.30. The third-order valence-electron chi connectivity index (χ3n) is 2.22. The average molecular weight is 235 g/mol. The van der Waals surface area contributed by atoms with E-state index in [1.807, 2.05) is 24.3 Å². The van der Waals surface area contributed by atoms with Gasteiger partial charge < -0.3 is 9.94 Å². The van der Waals surface area contributed by atoms with Gasteiger partial charge in [0.25, 0.3) is 0 Å². The average Bonchev–Trinajstić information content (AvgIpc) is 2.38. The van der Waals surface area contributed by atoms with E-state index in [4.69, 9.17) is 9.94 Å².